The first-order chi connectivity index (χ1) is 9.78. The summed E-state index contributed by atoms with van der Waals surface area (Å²) in [5.41, 5.74) is 1.84. The molecular formula is C16H14ClN3. The summed E-state index contributed by atoms with van der Waals surface area (Å²) in [7, 11) is 0. The molecule has 0 aliphatic heterocycles. The molecule has 3 aromatic rings. The lowest BCUT2D eigenvalue weighted by Crippen LogP contribution is -2.02. The fourth-order valence-electron chi connectivity index (χ4n) is 2.14. The van der Waals surface area contributed by atoms with Gasteiger partial charge in [-0.25, -0.2) is 9.97 Å². The van der Waals surface area contributed by atoms with Crippen LogP contribution in [-0.2, 0) is 0 Å². The molecular weight excluding hydrogens is 270 g/mol. The molecule has 0 fully saturated rings. The number of fused-ring (bicyclic) bond motifs is 1. The van der Waals surface area contributed by atoms with Crippen LogP contribution in [0.1, 0.15) is 6.92 Å². The van der Waals surface area contributed by atoms with E-state index in [1.165, 1.54) is 0 Å². The maximum absolute atomic E-state index is 6.04. The first kappa shape index (κ1) is 12.9. The molecule has 100 valence electrons. The number of anilines is 1. The number of benzene rings is 2. The summed E-state index contributed by atoms with van der Waals surface area (Å²) in [6.07, 6.45) is 0. The van der Waals surface area contributed by atoms with E-state index in [1.807, 2.05) is 48.5 Å². The Kier molecular flexibility index (Phi) is 3.52. The molecule has 3 nitrogen and oxygen atoms in total. The van der Waals surface area contributed by atoms with Gasteiger partial charge in [0.15, 0.2) is 5.82 Å². The summed E-state index contributed by atoms with van der Waals surface area (Å²) in [6.45, 7) is 2.87. The Hall–Kier alpha value is -2.13. The molecule has 0 amide bonds. The van der Waals surface area contributed by atoms with Crippen LogP contribution in [0.15, 0.2) is 48.5 Å². The highest BCUT2D eigenvalue weighted by Crippen LogP contribution is 2.26. The van der Waals surface area contributed by atoms with Crippen molar-refractivity contribution in [3.63, 3.8) is 0 Å². The standard InChI is InChI=1S/C16H14ClN3/c1-2-18-16-13-8-3-4-9-14(13)19-15(20-16)11-6-5-7-12(17)10-11/h3-10H,2H2,1H3,(H,18,19,20). The first-order valence-electron chi connectivity index (χ1n) is 6.54. The van der Waals surface area contributed by atoms with Crippen molar-refractivity contribution in [3.05, 3.63) is 53.6 Å². The summed E-state index contributed by atoms with van der Waals surface area (Å²) in [5.74, 6) is 1.54. The molecule has 1 N–H and O–H groups in total. The molecule has 0 aliphatic carbocycles. The van der Waals surface area contributed by atoms with Gasteiger partial charge in [0.1, 0.15) is 5.82 Å². The van der Waals surface area contributed by atoms with Gasteiger partial charge in [-0.1, -0.05) is 35.9 Å². The van der Waals surface area contributed by atoms with Crippen LogP contribution in [0.5, 0.6) is 0 Å². The third-order valence-corrected chi connectivity index (χ3v) is 3.27. The van der Waals surface area contributed by atoms with Crippen LogP contribution in [0.4, 0.5) is 5.82 Å². The number of nitrogens with zero attached hydrogens (tertiary/aromatic N) is 2. The fraction of sp³-hybridized carbons (Fsp3) is 0.125. The highest BCUT2D eigenvalue weighted by Gasteiger charge is 2.08. The summed E-state index contributed by atoms with van der Waals surface area (Å²) in [5, 5.41) is 5.00. The van der Waals surface area contributed by atoms with Crippen molar-refractivity contribution >= 4 is 28.3 Å². The lowest BCUT2D eigenvalue weighted by atomic mass is 10.2. The molecule has 0 bridgehead atoms. The number of hydrogen-bond donors (Lipinski definition) is 1. The Morgan fingerprint density at radius 3 is 2.70 bits per heavy atom. The number of halogens is 1. The summed E-state index contributed by atoms with van der Waals surface area (Å²) in [4.78, 5) is 9.24. The second kappa shape index (κ2) is 5.47. The van der Waals surface area contributed by atoms with Gasteiger partial charge in [0.05, 0.1) is 5.52 Å². The molecule has 20 heavy (non-hydrogen) atoms. The second-order valence-electron chi connectivity index (χ2n) is 4.45. The van der Waals surface area contributed by atoms with Crippen LogP contribution >= 0.6 is 11.6 Å². The van der Waals surface area contributed by atoms with E-state index in [0.29, 0.717) is 10.8 Å². The molecule has 0 unspecified atom stereocenters. The normalized spacial score (nSPS) is 10.7. The predicted octanol–water partition coefficient (Wildman–Crippen LogP) is 4.38. The number of hydrogen-bond acceptors (Lipinski definition) is 3. The van der Waals surface area contributed by atoms with Gasteiger partial charge >= 0.3 is 0 Å². The van der Waals surface area contributed by atoms with Gasteiger partial charge in [-0.05, 0) is 31.2 Å². The van der Waals surface area contributed by atoms with Gasteiger partial charge in [-0.3, -0.25) is 0 Å². The maximum Gasteiger partial charge on any atom is 0.162 e. The SMILES string of the molecule is CCNc1nc(-c2cccc(Cl)c2)nc2ccccc12. The minimum atomic E-state index is 0.683. The predicted molar refractivity (Wildman–Crippen MR) is 84.1 cm³/mol. The second-order valence-corrected chi connectivity index (χ2v) is 4.89. The van der Waals surface area contributed by atoms with E-state index in [9.17, 15) is 0 Å². The Morgan fingerprint density at radius 2 is 1.90 bits per heavy atom. The molecule has 0 atom stereocenters. The van der Waals surface area contributed by atoms with Crippen LogP contribution in [-0.4, -0.2) is 16.5 Å². The topological polar surface area (TPSA) is 37.8 Å². The van der Waals surface area contributed by atoms with Crippen molar-refractivity contribution in [2.45, 2.75) is 6.92 Å². The zero-order chi connectivity index (χ0) is 13.9. The molecule has 3 rings (SSSR count). The van der Waals surface area contributed by atoms with Crippen LogP contribution in [0.3, 0.4) is 0 Å². The summed E-state index contributed by atoms with van der Waals surface area (Å²) >= 11 is 6.04. The van der Waals surface area contributed by atoms with Crippen molar-refractivity contribution < 1.29 is 0 Å². The van der Waals surface area contributed by atoms with E-state index in [-0.39, 0.29) is 0 Å². The lowest BCUT2D eigenvalue weighted by molar-refractivity contribution is 1.14. The molecule has 1 heterocycles. The zero-order valence-electron chi connectivity index (χ0n) is 11.1. The molecule has 0 saturated heterocycles. The third-order valence-electron chi connectivity index (χ3n) is 3.03. The van der Waals surface area contributed by atoms with Crippen molar-refractivity contribution in [2.75, 3.05) is 11.9 Å². The molecule has 4 heteroatoms. The van der Waals surface area contributed by atoms with Crippen LogP contribution in [0.25, 0.3) is 22.3 Å². The van der Waals surface area contributed by atoms with Gasteiger partial charge in [0, 0.05) is 22.5 Å². The smallest absolute Gasteiger partial charge is 0.162 e. The van der Waals surface area contributed by atoms with E-state index >= 15 is 0 Å². The number of para-hydroxylation sites is 1. The number of rotatable bonds is 3. The Balaban J connectivity index is 2.21. The average Bonchev–Trinajstić information content (AvgIpc) is 2.47. The summed E-state index contributed by atoms with van der Waals surface area (Å²) < 4.78 is 0. The summed E-state index contributed by atoms with van der Waals surface area (Å²) in [6, 6.07) is 15.6. The van der Waals surface area contributed by atoms with Gasteiger partial charge in [0.25, 0.3) is 0 Å². The monoisotopic (exact) mass is 283 g/mol. The minimum absolute atomic E-state index is 0.683. The van der Waals surface area contributed by atoms with E-state index in [1.54, 1.807) is 0 Å². The molecule has 1 aromatic heterocycles. The highest BCUT2D eigenvalue weighted by atomic mass is 35.5. The average molecular weight is 284 g/mol. The molecule has 0 saturated carbocycles. The Bertz CT molecular complexity index is 756. The number of aromatic nitrogens is 2. The minimum Gasteiger partial charge on any atom is -0.370 e. The Labute approximate surface area is 122 Å². The lowest BCUT2D eigenvalue weighted by Gasteiger charge is -2.09. The van der Waals surface area contributed by atoms with Crippen molar-refractivity contribution in [1.82, 2.24) is 9.97 Å². The van der Waals surface area contributed by atoms with Gasteiger partial charge in [0.2, 0.25) is 0 Å². The molecule has 0 radical (unpaired) electrons. The number of nitrogens with one attached hydrogen (secondary N) is 1. The van der Waals surface area contributed by atoms with Gasteiger partial charge in [-0.15, -0.1) is 0 Å². The van der Waals surface area contributed by atoms with Gasteiger partial charge < -0.3 is 5.32 Å². The van der Waals surface area contributed by atoms with Crippen LogP contribution in [0, 0.1) is 0 Å². The van der Waals surface area contributed by atoms with E-state index in [4.69, 9.17) is 11.6 Å². The van der Waals surface area contributed by atoms with Crippen molar-refractivity contribution in [1.29, 1.82) is 0 Å². The maximum atomic E-state index is 6.04. The highest BCUT2D eigenvalue weighted by molar-refractivity contribution is 6.30. The van der Waals surface area contributed by atoms with E-state index < -0.39 is 0 Å². The van der Waals surface area contributed by atoms with Crippen LogP contribution in [0.2, 0.25) is 5.02 Å². The molecule has 0 aliphatic rings. The Morgan fingerprint density at radius 1 is 1.05 bits per heavy atom. The van der Waals surface area contributed by atoms with E-state index in [2.05, 4.69) is 22.2 Å². The largest absolute Gasteiger partial charge is 0.370 e. The van der Waals surface area contributed by atoms with Crippen molar-refractivity contribution in [2.24, 2.45) is 0 Å². The van der Waals surface area contributed by atoms with E-state index in [0.717, 1.165) is 28.8 Å². The van der Waals surface area contributed by atoms with Crippen LogP contribution < -0.4 is 5.32 Å². The van der Waals surface area contributed by atoms with Crippen molar-refractivity contribution in [3.8, 4) is 11.4 Å². The third kappa shape index (κ3) is 2.45. The van der Waals surface area contributed by atoms with Gasteiger partial charge in [-0.2, -0.15) is 0 Å². The molecule has 2 aromatic carbocycles. The first-order valence-corrected chi connectivity index (χ1v) is 6.92. The quantitative estimate of drug-likeness (QED) is 0.775. The zero-order valence-corrected chi connectivity index (χ0v) is 11.9. The molecule has 0 spiro atoms. The fourth-order valence-corrected chi connectivity index (χ4v) is 2.33.